The number of imidazole rings is 2. The molecule has 7 nitrogen and oxygen atoms in total. The van der Waals surface area contributed by atoms with Crippen LogP contribution < -0.4 is 4.74 Å². The van der Waals surface area contributed by atoms with Gasteiger partial charge in [0.2, 0.25) is 11.8 Å². The molecule has 0 saturated carbocycles. The smallest absolute Gasteiger partial charge is 0.309 e. The van der Waals surface area contributed by atoms with Crippen molar-refractivity contribution in [2.45, 2.75) is 0 Å². The topological polar surface area (TPSA) is 70.1 Å². The summed E-state index contributed by atoms with van der Waals surface area (Å²) in [4.78, 5) is 8.88. The van der Waals surface area contributed by atoms with Gasteiger partial charge in [-0.25, -0.2) is 8.80 Å². The third kappa shape index (κ3) is 1.64. The first-order valence-electron chi connectivity index (χ1n) is 7.76. The predicted octanol–water partition coefficient (Wildman–Crippen LogP) is 4.27. The molecular weight excluding hydrogens is 320 g/mol. The van der Waals surface area contributed by atoms with Gasteiger partial charge in [0.25, 0.3) is 0 Å². The molecular formula is C18H10N4O3. The van der Waals surface area contributed by atoms with Gasteiger partial charge >= 0.3 is 11.7 Å². The van der Waals surface area contributed by atoms with Gasteiger partial charge in [-0.05, 0) is 24.3 Å². The van der Waals surface area contributed by atoms with Crippen LogP contribution in [0.15, 0.2) is 69.9 Å². The van der Waals surface area contributed by atoms with Gasteiger partial charge < -0.3 is 13.6 Å². The fourth-order valence-corrected chi connectivity index (χ4v) is 3.15. The van der Waals surface area contributed by atoms with Crippen LogP contribution in [0.25, 0.3) is 33.8 Å². The van der Waals surface area contributed by atoms with E-state index in [-0.39, 0.29) is 0 Å². The van der Waals surface area contributed by atoms with E-state index in [4.69, 9.17) is 13.6 Å². The molecule has 0 bridgehead atoms. The highest BCUT2D eigenvalue weighted by Gasteiger charge is 2.18. The number of fused-ring (bicyclic) bond motifs is 6. The van der Waals surface area contributed by atoms with E-state index in [0.29, 0.717) is 23.4 Å². The summed E-state index contributed by atoms with van der Waals surface area (Å²) in [5, 5.41) is 0. The second kappa shape index (κ2) is 4.41. The van der Waals surface area contributed by atoms with Crippen molar-refractivity contribution in [1.82, 2.24) is 18.8 Å². The number of ether oxygens (including phenoxy) is 1. The maximum absolute atomic E-state index is 6.08. The molecule has 0 amide bonds. The molecule has 7 heteroatoms. The maximum Gasteiger partial charge on any atom is 0.309 e. The molecule has 0 aliphatic heterocycles. The Labute approximate surface area is 139 Å². The molecule has 4 heterocycles. The van der Waals surface area contributed by atoms with E-state index in [0.717, 1.165) is 22.1 Å². The van der Waals surface area contributed by atoms with E-state index in [1.54, 1.807) is 0 Å². The van der Waals surface area contributed by atoms with Gasteiger partial charge in [0.15, 0.2) is 12.5 Å². The average molecular weight is 330 g/mol. The highest BCUT2D eigenvalue weighted by atomic mass is 16.5. The van der Waals surface area contributed by atoms with Crippen LogP contribution >= 0.6 is 0 Å². The van der Waals surface area contributed by atoms with Crippen LogP contribution in [0.3, 0.4) is 0 Å². The van der Waals surface area contributed by atoms with Crippen molar-refractivity contribution in [3.05, 3.63) is 61.1 Å². The molecule has 0 aliphatic rings. The third-order valence-electron chi connectivity index (χ3n) is 4.24. The highest BCUT2D eigenvalue weighted by Crippen LogP contribution is 2.31. The fourth-order valence-electron chi connectivity index (χ4n) is 3.15. The van der Waals surface area contributed by atoms with Gasteiger partial charge in [0.05, 0.1) is 22.1 Å². The van der Waals surface area contributed by atoms with Crippen LogP contribution in [0.2, 0.25) is 0 Å². The van der Waals surface area contributed by atoms with Crippen LogP contribution in [0.1, 0.15) is 0 Å². The van der Waals surface area contributed by atoms with E-state index in [2.05, 4.69) is 9.97 Å². The molecule has 25 heavy (non-hydrogen) atoms. The second-order valence-electron chi connectivity index (χ2n) is 5.69. The zero-order valence-electron chi connectivity index (χ0n) is 12.8. The summed E-state index contributed by atoms with van der Waals surface area (Å²) in [6.07, 6.45) is 3.07. The Hall–Kier alpha value is -3.74. The van der Waals surface area contributed by atoms with Crippen molar-refractivity contribution in [3.8, 4) is 11.8 Å². The number of para-hydroxylation sites is 4. The van der Waals surface area contributed by atoms with Crippen molar-refractivity contribution in [2.75, 3.05) is 0 Å². The maximum atomic E-state index is 6.08. The van der Waals surface area contributed by atoms with Crippen LogP contribution in [0.5, 0.6) is 11.8 Å². The lowest BCUT2D eigenvalue weighted by molar-refractivity contribution is 0.429. The molecule has 0 atom stereocenters. The summed E-state index contributed by atoms with van der Waals surface area (Å²) >= 11 is 0. The second-order valence-corrected chi connectivity index (χ2v) is 5.69. The van der Waals surface area contributed by atoms with E-state index >= 15 is 0 Å². The molecule has 6 aromatic rings. The number of oxazole rings is 2. The number of hydrogen-bond acceptors (Lipinski definition) is 5. The molecule has 120 valence electrons. The zero-order chi connectivity index (χ0) is 16.4. The SMILES string of the molecule is c1ccc2c(c1)nc1occ(Oc3coc4nc5ccccc5n34)n12. The largest absolute Gasteiger partial charge is 0.427 e. The summed E-state index contributed by atoms with van der Waals surface area (Å²) in [6.45, 7) is 0. The summed E-state index contributed by atoms with van der Waals surface area (Å²) in [6, 6.07) is 15.6. The Bertz CT molecular complexity index is 1280. The Balaban J connectivity index is 1.58. The molecule has 0 fully saturated rings. The molecule has 6 rings (SSSR count). The van der Waals surface area contributed by atoms with Crippen LogP contribution in [0, 0.1) is 0 Å². The number of benzene rings is 2. The van der Waals surface area contributed by atoms with Crippen molar-refractivity contribution < 1.29 is 13.6 Å². The Morgan fingerprint density at radius 1 is 0.680 bits per heavy atom. The minimum absolute atomic E-state index is 0.478. The molecule has 0 N–H and O–H groups in total. The standard InChI is InChI=1S/C18H10N4O3/c1-3-7-13-11(5-1)19-17-21(13)15(9-23-17)25-16-10-24-18-20-12-6-2-4-8-14(12)22(16)18/h1-10H. The molecule has 0 aliphatic carbocycles. The van der Waals surface area contributed by atoms with Crippen LogP contribution in [0.4, 0.5) is 0 Å². The van der Waals surface area contributed by atoms with E-state index < -0.39 is 0 Å². The fraction of sp³-hybridized carbons (Fsp3) is 0. The lowest BCUT2D eigenvalue weighted by atomic mass is 10.3. The van der Waals surface area contributed by atoms with E-state index in [9.17, 15) is 0 Å². The third-order valence-corrected chi connectivity index (χ3v) is 4.24. The Kier molecular flexibility index (Phi) is 2.23. The lowest BCUT2D eigenvalue weighted by Crippen LogP contribution is -1.92. The number of rotatable bonds is 2. The summed E-state index contributed by atoms with van der Waals surface area (Å²) in [5.74, 6) is 1.99. The molecule has 0 saturated heterocycles. The monoisotopic (exact) mass is 330 g/mol. The van der Waals surface area contributed by atoms with Crippen molar-refractivity contribution in [2.24, 2.45) is 0 Å². The zero-order valence-corrected chi connectivity index (χ0v) is 12.8. The summed E-state index contributed by atoms with van der Waals surface area (Å²) in [7, 11) is 0. The van der Waals surface area contributed by atoms with Crippen molar-refractivity contribution in [3.63, 3.8) is 0 Å². The summed E-state index contributed by atoms with van der Waals surface area (Å²) in [5.41, 5.74) is 3.52. The van der Waals surface area contributed by atoms with E-state index in [1.165, 1.54) is 12.5 Å². The van der Waals surface area contributed by atoms with Crippen LogP contribution in [-0.2, 0) is 0 Å². The Morgan fingerprint density at radius 2 is 1.16 bits per heavy atom. The minimum Gasteiger partial charge on any atom is -0.427 e. The van der Waals surface area contributed by atoms with Gasteiger partial charge in [-0.2, -0.15) is 9.97 Å². The predicted molar refractivity (Wildman–Crippen MR) is 90.0 cm³/mol. The van der Waals surface area contributed by atoms with Crippen molar-refractivity contribution >= 4 is 33.8 Å². The first-order valence-corrected chi connectivity index (χ1v) is 7.76. The Morgan fingerprint density at radius 3 is 1.68 bits per heavy atom. The number of aromatic nitrogens is 4. The average Bonchev–Trinajstić information content (AvgIpc) is 3.36. The molecule has 4 aromatic heterocycles. The molecule has 2 aromatic carbocycles. The normalized spacial score (nSPS) is 12.0. The quantitative estimate of drug-likeness (QED) is 0.474. The van der Waals surface area contributed by atoms with Crippen LogP contribution in [-0.4, -0.2) is 18.8 Å². The van der Waals surface area contributed by atoms with Gasteiger partial charge in [0.1, 0.15) is 0 Å². The van der Waals surface area contributed by atoms with Gasteiger partial charge in [-0.15, -0.1) is 0 Å². The lowest BCUT2D eigenvalue weighted by Gasteiger charge is -2.01. The summed E-state index contributed by atoms with van der Waals surface area (Å²) < 4.78 is 20.8. The van der Waals surface area contributed by atoms with Gasteiger partial charge in [0, 0.05) is 0 Å². The first-order chi connectivity index (χ1) is 12.4. The van der Waals surface area contributed by atoms with Gasteiger partial charge in [-0.3, -0.25) is 0 Å². The first kappa shape index (κ1) is 12.7. The van der Waals surface area contributed by atoms with E-state index in [1.807, 2.05) is 57.3 Å². The minimum atomic E-state index is 0.478. The number of nitrogens with zero attached hydrogens (tertiary/aromatic N) is 4. The molecule has 0 spiro atoms. The molecule has 0 unspecified atom stereocenters. The highest BCUT2D eigenvalue weighted by molar-refractivity contribution is 5.81. The molecule has 0 radical (unpaired) electrons. The van der Waals surface area contributed by atoms with Crippen molar-refractivity contribution in [1.29, 1.82) is 0 Å². The number of hydrogen-bond donors (Lipinski definition) is 0. The van der Waals surface area contributed by atoms with Gasteiger partial charge in [-0.1, -0.05) is 24.3 Å².